The van der Waals surface area contributed by atoms with Crippen LogP contribution in [-0.2, 0) is 14.4 Å². The lowest BCUT2D eigenvalue weighted by atomic mass is 9.92. The summed E-state index contributed by atoms with van der Waals surface area (Å²) in [7, 11) is 0. The molecule has 3 heterocycles. The Bertz CT molecular complexity index is 1200. The van der Waals surface area contributed by atoms with Gasteiger partial charge in [-0.1, -0.05) is 12.5 Å². The molecule has 1 saturated carbocycles. The Morgan fingerprint density at radius 3 is 2.81 bits per heavy atom. The van der Waals surface area contributed by atoms with Gasteiger partial charge in [0.05, 0.1) is 6.04 Å². The molecule has 10 heteroatoms. The predicted molar refractivity (Wildman–Crippen MR) is 135 cm³/mol. The van der Waals surface area contributed by atoms with E-state index in [1.165, 1.54) is 0 Å². The summed E-state index contributed by atoms with van der Waals surface area (Å²) in [5.41, 5.74) is 1.31. The highest BCUT2D eigenvalue weighted by molar-refractivity contribution is 7.98. The third-order valence-corrected chi connectivity index (χ3v) is 8.83. The van der Waals surface area contributed by atoms with E-state index < -0.39 is 24.5 Å². The Morgan fingerprint density at radius 1 is 1.25 bits per heavy atom. The maximum Gasteiger partial charge on any atom is 0.271 e. The molecule has 0 spiro atoms. The van der Waals surface area contributed by atoms with Crippen molar-refractivity contribution in [3.05, 3.63) is 30.0 Å². The molecule has 36 heavy (non-hydrogen) atoms. The molecular weight excluding hydrogens is 480 g/mol. The monoisotopic (exact) mass is 512 g/mol. The number of thioether (sulfide) groups is 1. The van der Waals surface area contributed by atoms with Crippen LogP contribution in [0.25, 0.3) is 10.9 Å². The van der Waals surface area contributed by atoms with Crippen LogP contribution < -0.4 is 10.6 Å². The Morgan fingerprint density at radius 2 is 2.08 bits per heavy atom. The molecule has 9 nitrogen and oxygen atoms in total. The van der Waals surface area contributed by atoms with Crippen molar-refractivity contribution in [2.24, 2.45) is 17.8 Å². The largest absolute Gasteiger partial charge is 0.389 e. The van der Waals surface area contributed by atoms with Crippen molar-refractivity contribution in [3.8, 4) is 0 Å². The third kappa shape index (κ3) is 4.52. The molecule has 1 aromatic heterocycles. The molecule has 3 aliphatic rings. The summed E-state index contributed by atoms with van der Waals surface area (Å²) in [6.07, 6.45) is 5.53. The van der Waals surface area contributed by atoms with Crippen LogP contribution in [-0.4, -0.2) is 76.5 Å². The molecule has 2 saturated heterocycles. The Labute approximate surface area is 213 Å². The Hall–Kier alpha value is -2.85. The number of ketones is 1. The van der Waals surface area contributed by atoms with Gasteiger partial charge in [-0.05, 0) is 62.0 Å². The zero-order chi connectivity index (χ0) is 25.4. The van der Waals surface area contributed by atoms with Crippen LogP contribution in [0.1, 0.15) is 42.6 Å². The van der Waals surface area contributed by atoms with E-state index in [1.54, 1.807) is 16.7 Å². The van der Waals surface area contributed by atoms with Gasteiger partial charge >= 0.3 is 0 Å². The predicted octanol–water partition coefficient (Wildman–Crippen LogP) is 1.70. The van der Waals surface area contributed by atoms with Crippen molar-refractivity contribution >= 4 is 46.2 Å². The van der Waals surface area contributed by atoms with E-state index in [0.29, 0.717) is 25.2 Å². The van der Waals surface area contributed by atoms with Crippen LogP contribution in [0, 0.1) is 17.8 Å². The van der Waals surface area contributed by atoms with Crippen LogP contribution in [0.4, 0.5) is 0 Å². The Kier molecular flexibility index (Phi) is 7.07. The van der Waals surface area contributed by atoms with Gasteiger partial charge in [0.15, 0.2) is 5.78 Å². The number of benzene rings is 1. The second kappa shape index (κ2) is 10.3. The van der Waals surface area contributed by atoms with Gasteiger partial charge in [0.25, 0.3) is 5.91 Å². The smallest absolute Gasteiger partial charge is 0.271 e. The number of carbonyl (C=O) groups is 4. The molecule has 2 aliphatic heterocycles. The van der Waals surface area contributed by atoms with E-state index in [4.69, 9.17) is 0 Å². The summed E-state index contributed by atoms with van der Waals surface area (Å²) in [5.74, 6) is -1.40. The van der Waals surface area contributed by atoms with E-state index >= 15 is 0 Å². The van der Waals surface area contributed by atoms with Crippen molar-refractivity contribution in [1.29, 1.82) is 0 Å². The molecule has 1 aliphatic carbocycles. The summed E-state index contributed by atoms with van der Waals surface area (Å²) in [5, 5.41) is 16.0. The standard InChI is InChI=1S/C26H32N4O5S/c1-36-22-7-3-6-18-17(22)11-20(28-18)26(35)30-12-15-4-2-5-16(15)23(30)25(34)29-19(21(32)13-31)10-14-8-9-27-24(14)33/h3,6-7,11,14-16,19,23,28,31H,2,4-5,8-10,12-13H2,1H3,(H,27,33)(H,29,34)/t14-,15-,16-,19-,23-/m0/s1. The van der Waals surface area contributed by atoms with Gasteiger partial charge in [-0.15, -0.1) is 11.8 Å². The van der Waals surface area contributed by atoms with Gasteiger partial charge < -0.3 is 25.6 Å². The molecule has 1 aromatic carbocycles. The second-order valence-electron chi connectivity index (χ2n) is 10.1. The van der Waals surface area contributed by atoms with Gasteiger partial charge in [0, 0.05) is 34.8 Å². The van der Waals surface area contributed by atoms with Gasteiger partial charge in [-0.25, -0.2) is 0 Å². The fourth-order valence-electron chi connectivity index (χ4n) is 6.22. The highest BCUT2D eigenvalue weighted by Gasteiger charge is 2.50. The number of aromatic nitrogens is 1. The summed E-state index contributed by atoms with van der Waals surface area (Å²) < 4.78 is 0. The van der Waals surface area contributed by atoms with Crippen molar-refractivity contribution in [1.82, 2.24) is 20.5 Å². The number of hydrogen-bond donors (Lipinski definition) is 4. The van der Waals surface area contributed by atoms with E-state index in [9.17, 15) is 24.3 Å². The van der Waals surface area contributed by atoms with E-state index in [0.717, 1.165) is 35.1 Å². The molecule has 0 radical (unpaired) electrons. The van der Waals surface area contributed by atoms with Crippen molar-refractivity contribution in [3.63, 3.8) is 0 Å². The van der Waals surface area contributed by atoms with Crippen molar-refractivity contribution in [2.75, 3.05) is 26.0 Å². The number of H-pyrrole nitrogens is 1. The van der Waals surface area contributed by atoms with Gasteiger partial charge in [0.1, 0.15) is 18.3 Å². The normalized spacial score (nSPS) is 26.2. The second-order valence-corrected chi connectivity index (χ2v) is 10.9. The van der Waals surface area contributed by atoms with Crippen LogP contribution in [0.5, 0.6) is 0 Å². The number of nitrogens with zero attached hydrogens (tertiary/aromatic N) is 1. The number of nitrogens with one attached hydrogen (secondary N) is 3. The molecule has 5 rings (SSSR count). The average Bonchev–Trinajstić information content (AvgIpc) is 3.66. The fraction of sp³-hybridized carbons (Fsp3) is 0.538. The lowest BCUT2D eigenvalue weighted by molar-refractivity contribution is -0.133. The fourth-order valence-corrected chi connectivity index (χ4v) is 6.82. The van der Waals surface area contributed by atoms with Gasteiger partial charge in [-0.3, -0.25) is 19.2 Å². The molecule has 2 aromatic rings. The minimum Gasteiger partial charge on any atom is -0.389 e. The van der Waals surface area contributed by atoms with Crippen LogP contribution in [0.3, 0.4) is 0 Å². The summed E-state index contributed by atoms with van der Waals surface area (Å²) in [4.78, 5) is 57.9. The molecule has 0 bridgehead atoms. The highest BCUT2D eigenvalue weighted by Crippen LogP contribution is 2.43. The van der Waals surface area contributed by atoms with Crippen molar-refractivity contribution in [2.45, 2.75) is 49.1 Å². The SMILES string of the molecule is CSc1cccc2[nH]c(C(=O)N3C[C@@H]4CCC[C@@H]4[C@H]3C(=O)N[C@@H](C[C@@H]3CCNC3=O)C(=O)CO)cc12. The first-order chi connectivity index (χ1) is 17.4. The molecule has 192 valence electrons. The zero-order valence-corrected chi connectivity index (χ0v) is 21.1. The van der Waals surface area contributed by atoms with Gasteiger partial charge in [0.2, 0.25) is 11.8 Å². The number of likely N-dealkylation sites (tertiary alicyclic amines) is 1. The van der Waals surface area contributed by atoms with E-state index in [2.05, 4.69) is 15.6 Å². The lowest BCUT2D eigenvalue weighted by Crippen LogP contribution is -2.53. The van der Waals surface area contributed by atoms with E-state index in [-0.39, 0.29) is 41.9 Å². The molecule has 5 atom stereocenters. The minimum absolute atomic E-state index is 0.0275. The summed E-state index contributed by atoms with van der Waals surface area (Å²) >= 11 is 1.61. The lowest BCUT2D eigenvalue weighted by Gasteiger charge is -2.29. The molecule has 0 unspecified atom stereocenters. The number of aliphatic hydroxyl groups excluding tert-OH is 1. The summed E-state index contributed by atoms with van der Waals surface area (Å²) in [6.45, 7) is 0.316. The van der Waals surface area contributed by atoms with Crippen LogP contribution in [0.2, 0.25) is 0 Å². The molecule has 3 fully saturated rings. The number of carbonyl (C=O) groups excluding carboxylic acids is 4. The number of hydrogen-bond acceptors (Lipinski definition) is 6. The number of Topliss-reactive ketones (excluding diaryl/α,β-unsaturated/α-hetero) is 1. The average molecular weight is 513 g/mol. The van der Waals surface area contributed by atoms with E-state index in [1.807, 2.05) is 30.5 Å². The molecule has 3 amide bonds. The summed E-state index contributed by atoms with van der Waals surface area (Å²) in [6, 6.07) is 6.07. The van der Waals surface area contributed by atoms with Gasteiger partial charge in [-0.2, -0.15) is 0 Å². The number of rotatable bonds is 8. The highest BCUT2D eigenvalue weighted by atomic mass is 32.2. The zero-order valence-electron chi connectivity index (χ0n) is 20.3. The van der Waals surface area contributed by atoms with Crippen LogP contribution in [0.15, 0.2) is 29.2 Å². The first-order valence-corrected chi connectivity index (χ1v) is 13.8. The number of amides is 3. The minimum atomic E-state index is -0.967. The molecular formula is C26H32N4O5S. The first-order valence-electron chi connectivity index (χ1n) is 12.6. The quantitative estimate of drug-likeness (QED) is 0.398. The molecule has 4 N–H and O–H groups in total. The first kappa shape index (κ1) is 24.8. The maximum atomic E-state index is 13.7. The number of aromatic amines is 1. The van der Waals surface area contributed by atoms with Crippen LogP contribution >= 0.6 is 11.8 Å². The number of fused-ring (bicyclic) bond motifs is 2. The maximum absolute atomic E-state index is 13.7. The third-order valence-electron chi connectivity index (χ3n) is 8.04. The van der Waals surface area contributed by atoms with Crippen molar-refractivity contribution < 1.29 is 24.3 Å². The topological polar surface area (TPSA) is 132 Å². The number of aliphatic hydroxyl groups is 1. The Balaban J connectivity index is 1.39.